The van der Waals surface area contributed by atoms with Crippen molar-refractivity contribution < 1.29 is 5.11 Å². The summed E-state index contributed by atoms with van der Waals surface area (Å²) in [7, 11) is 0. The summed E-state index contributed by atoms with van der Waals surface area (Å²) in [5, 5.41) is 18.0. The monoisotopic (exact) mass is 218 g/mol. The molecule has 16 heavy (non-hydrogen) atoms. The number of hydrogen-bond acceptors (Lipinski definition) is 3. The van der Waals surface area contributed by atoms with Crippen LogP contribution in [-0.2, 0) is 0 Å². The lowest BCUT2D eigenvalue weighted by molar-refractivity contribution is 0.199. The van der Waals surface area contributed by atoms with E-state index >= 15 is 0 Å². The SMILES string of the molecule is CCN(CCC#N)c1ccc([C@H](C)O)cc1. The molecular weight excluding hydrogens is 200 g/mol. The average molecular weight is 218 g/mol. The maximum Gasteiger partial charge on any atom is 0.0761 e. The Kier molecular flexibility index (Phi) is 4.81. The summed E-state index contributed by atoms with van der Waals surface area (Å²) in [6.45, 7) is 5.46. The second kappa shape index (κ2) is 6.14. The molecular formula is C13H18N2O. The largest absolute Gasteiger partial charge is 0.389 e. The molecule has 0 bridgehead atoms. The number of rotatable bonds is 5. The highest BCUT2D eigenvalue weighted by Crippen LogP contribution is 2.19. The zero-order valence-corrected chi connectivity index (χ0v) is 9.85. The van der Waals surface area contributed by atoms with Gasteiger partial charge in [0.05, 0.1) is 18.6 Å². The Morgan fingerprint density at radius 2 is 2.00 bits per heavy atom. The van der Waals surface area contributed by atoms with E-state index in [1.165, 1.54) is 0 Å². The van der Waals surface area contributed by atoms with Crippen molar-refractivity contribution in [2.75, 3.05) is 18.0 Å². The molecule has 0 radical (unpaired) electrons. The lowest BCUT2D eigenvalue weighted by Crippen LogP contribution is -2.23. The van der Waals surface area contributed by atoms with E-state index in [-0.39, 0.29) is 0 Å². The summed E-state index contributed by atoms with van der Waals surface area (Å²) in [4.78, 5) is 2.15. The highest BCUT2D eigenvalue weighted by Gasteiger charge is 2.05. The van der Waals surface area contributed by atoms with Crippen LogP contribution in [0.3, 0.4) is 0 Å². The molecule has 0 amide bonds. The number of hydrogen-bond donors (Lipinski definition) is 1. The molecule has 0 aromatic heterocycles. The maximum absolute atomic E-state index is 9.40. The Morgan fingerprint density at radius 3 is 2.44 bits per heavy atom. The van der Waals surface area contributed by atoms with Gasteiger partial charge in [0.1, 0.15) is 0 Å². The van der Waals surface area contributed by atoms with Crippen molar-refractivity contribution in [3.8, 4) is 6.07 Å². The van der Waals surface area contributed by atoms with Crippen LogP contribution < -0.4 is 4.90 Å². The van der Waals surface area contributed by atoms with Gasteiger partial charge in [-0.3, -0.25) is 0 Å². The first-order chi connectivity index (χ1) is 7.69. The molecule has 0 saturated heterocycles. The molecule has 0 unspecified atom stereocenters. The molecule has 86 valence electrons. The highest BCUT2D eigenvalue weighted by atomic mass is 16.3. The smallest absolute Gasteiger partial charge is 0.0761 e. The minimum absolute atomic E-state index is 0.428. The summed E-state index contributed by atoms with van der Waals surface area (Å²) < 4.78 is 0. The molecule has 0 fully saturated rings. The molecule has 0 aliphatic rings. The van der Waals surface area contributed by atoms with Crippen molar-refractivity contribution in [2.24, 2.45) is 0 Å². The number of benzene rings is 1. The van der Waals surface area contributed by atoms with E-state index in [9.17, 15) is 5.11 Å². The number of aliphatic hydroxyl groups excluding tert-OH is 1. The van der Waals surface area contributed by atoms with Crippen molar-refractivity contribution in [2.45, 2.75) is 26.4 Å². The molecule has 0 saturated carbocycles. The van der Waals surface area contributed by atoms with E-state index in [1.54, 1.807) is 6.92 Å². The van der Waals surface area contributed by atoms with E-state index in [0.29, 0.717) is 6.42 Å². The van der Waals surface area contributed by atoms with E-state index < -0.39 is 6.10 Å². The third-order valence-electron chi connectivity index (χ3n) is 2.62. The lowest BCUT2D eigenvalue weighted by atomic mass is 10.1. The van der Waals surface area contributed by atoms with E-state index in [1.807, 2.05) is 24.3 Å². The van der Waals surface area contributed by atoms with Crippen LogP contribution in [0.1, 0.15) is 31.9 Å². The van der Waals surface area contributed by atoms with Gasteiger partial charge in [0, 0.05) is 18.8 Å². The Labute approximate surface area is 96.9 Å². The minimum Gasteiger partial charge on any atom is -0.389 e. The fourth-order valence-corrected chi connectivity index (χ4v) is 1.62. The zero-order chi connectivity index (χ0) is 12.0. The summed E-state index contributed by atoms with van der Waals surface area (Å²) >= 11 is 0. The summed E-state index contributed by atoms with van der Waals surface area (Å²) in [5.41, 5.74) is 2.02. The van der Waals surface area contributed by atoms with Crippen molar-refractivity contribution in [3.63, 3.8) is 0 Å². The molecule has 0 aliphatic carbocycles. The third kappa shape index (κ3) is 3.25. The molecule has 1 atom stereocenters. The van der Waals surface area contributed by atoms with Gasteiger partial charge >= 0.3 is 0 Å². The van der Waals surface area contributed by atoms with Gasteiger partial charge < -0.3 is 10.0 Å². The summed E-state index contributed by atoms with van der Waals surface area (Å²) in [6, 6.07) is 9.98. The van der Waals surface area contributed by atoms with Gasteiger partial charge in [-0.25, -0.2) is 0 Å². The van der Waals surface area contributed by atoms with Crippen LogP contribution in [0.25, 0.3) is 0 Å². The Balaban J connectivity index is 2.75. The van der Waals surface area contributed by atoms with Gasteiger partial charge in [0.2, 0.25) is 0 Å². The second-order valence-electron chi connectivity index (χ2n) is 3.76. The molecule has 0 heterocycles. The van der Waals surface area contributed by atoms with Crippen molar-refractivity contribution in [1.82, 2.24) is 0 Å². The number of nitrogens with zero attached hydrogens (tertiary/aromatic N) is 2. The van der Waals surface area contributed by atoms with Gasteiger partial charge in [0.25, 0.3) is 0 Å². The topological polar surface area (TPSA) is 47.3 Å². The molecule has 0 spiro atoms. The fraction of sp³-hybridized carbons (Fsp3) is 0.462. The van der Waals surface area contributed by atoms with Crippen LogP contribution in [0.5, 0.6) is 0 Å². The summed E-state index contributed by atoms with van der Waals surface area (Å²) in [6.07, 6.45) is 0.106. The Bertz CT molecular complexity index is 351. The molecule has 0 aliphatic heterocycles. The molecule has 1 aromatic carbocycles. The third-order valence-corrected chi connectivity index (χ3v) is 2.62. The van der Waals surface area contributed by atoms with Crippen molar-refractivity contribution >= 4 is 5.69 Å². The highest BCUT2D eigenvalue weighted by molar-refractivity contribution is 5.47. The van der Waals surface area contributed by atoms with E-state index in [2.05, 4.69) is 17.9 Å². The lowest BCUT2D eigenvalue weighted by Gasteiger charge is -2.22. The first-order valence-corrected chi connectivity index (χ1v) is 5.59. The second-order valence-corrected chi connectivity index (χ2v) is 3.76. The minimum atomic E-state index is -0.428. The van der Waals surface area contributed by atoms with Crippen LogP contribution in [0.15, 0.2) is 24.3 Å². The predicted molar refractivity (Wildman–Crippen MR) is 65.2 cm³/mol. The average Bonchev–Trinajstić information content (AvgIpc) is 2.30. The van der Waals surface area contributed by atoms with Gasteiger partial charge in [-0.2, -0.15) is 5.26 Å². The maximum atomic E-state index is 9.40. The molecule has 1 N–H and O–H groups in total. The zero-order valence-electron chi connectivity index (χ0n) is 9.85. The van der Waals surface area contributed by atoms with Crippen LogP contribution in [-0.4, -0.2) is 18.2 Å². The number of anilines is 1. The molecule has 1 aromatic rings. The van der Waals surface area contributed by atoms with Gasteiger partial charge in [-0.05, 0) is 31.5 Å². The Hall–Kier alpha value is -1.53. The van der Waals surface area contributed by atoms with Crippen molar-refractivity contribution in [1.29, 1.82) is 5.26 Å². The van der Waals surface area contributed by atoms with Crippen LogP contribution in [0, 0.1) is 11.3 Å². The molecule has 3 nitrogen and oxygen atoms in total. The molecule has 3 heteroatoms. The summed E-state index contributed by atoms with van der Waals surface area (Å²) in [5.74, 6) is 0. The number of nitriles is 1. The first-order valence-electron chi connectivity index (χ1n) is 5.59. The van der Waals surface area contributed by atoms with Gasteiger partial charge in [-0.1, -0.05) is 12.1 Å². The Morgan fingerprint density at radius 1 is 1.38 bits per heavy atom. The number of aliphatic hydroxyl groups is 1. The standard InChI is InChI=1S/C13H18N2O/c1-3-15(10-4-9-14)13-7-5-12(6-8-13)11(2)16/h5-8,11,16H,3-4,10H2,1-2H3/t11-/m0/s1. The van der Waals surface area contributed by atoms with Crippen LogP contribution in [0.4, 0.5) is 5.69 Å². The van der Waals surface area contributed by atoms with Crippen LogP contribution >= 0.6 is 0 Å². The van der Waals surface area contributed by atoms with E-state index in [4.69, 9.17) is 5.26 Å². The van der Waals surface area contributed by atoms with Gasteiger partial charge in [-0.15, -0.1) is 0 Å². The quantitative estimate of drug-likeness (QED) is 0.826. The molecule has 1 rings (SSSR count). The predicted octanol–water partition coefficient (Wildman–Crippen LogP) is 2.48. The fourth-order valence-electron chi connectivity index (χ4n) is 1.62. The van der Waals surface area contributed by atoms with Crippen molar-refractivity contribution in [3.05, 3.63) is 29.8 Å². The van der Waals surface area contributed by atoms with E-state index in [0.717, 1.165) is 24.3 Å². The van der Waals surface area contributed by atoms with Gasteiger partial charge in [0.15, 0.2) is 0 Å². The first kappa shape index (κ1) is 12.5. The normalized spacial score (nSPS) is 11.9. The van der Waals surface area contributed by atoms with Crippen LogP contribution in [0.2, 0.25) is 0 Å².